The first-order valence-electron chi connectivity index (χ1n) is 5.96. The van der Waals surface area contributed by atoms with Crippen molar-refractivity contribution in [2.75, 3.05) is 20.1 Å². The molecule has 86 valence electrons. The fourth-order valence-corrected chi connectivity index (χ4v) is 2.12. The molecule has 16 heavy (non-hydrogen) atoms. The Bertz CT molecular complexity index is 471. The third kappa shape index (κ3) is 2.12. The van der Waals surface area contributed by atoms with Gasteiger partial charge in [0.15, 0.2) is 0 Å². The highest BCUT2D eigenvalue weighted by atomic mass is 15.1. The smallest absolute Gasteiger partial charge is 0.0459 e. The second-order valence-electron chi connectivity index (χ2n) is 4.46. The summed E-state index contributed by atoms with van der Waals surface area (Å²) in [4.78, 5) is 5.70. The molecule has 0 spiro atoms. The number of aromatic nitrogens is 1. The third-order valence-corrected chi connectivity index (χ3v) is 3.30. The summed E-state index contributed by atoms with van der Waals surface area (Å²) >= 11 is 0. The van der Waals surface area contributed by atoms with E-state index in [4.69, 9.17) is 0 Å². The van der Waals surface area contributed by atoms with Crippen molar-refractivity contribution < 1.29 is 0 Å². The molecule has 0 unspecified atom stereocenters. The van der Waals surface area contributed by atoms with E-state index in [1.807, 2.05) is 0 Å². The molecule has 0 fully saturated rings. The monoisotopic (exact) mass is 216 g/mol. The van der Waals surface area contributed by atoms with E-state index in [0.717, 1.165) is 19.5 Å². The van der Waals surface area contributed by atoms with Crippen molar-refractivity contribution in [3.05, 3.63) is 35.5 Å². The van der Waals surface area contributed by atoms with Gasteiger partial charge in [0.1, 0.15) is 0 Å². The maximum absolute atomic E-state index is 3.35. The van der Waals surface area contributed by atoms with Gasteiger partial charge in [0.25, 0.3) is 0 Å². The zero-order chi connectivity index (χ0) is 11.5. The third-order valence-electron chi connectivity index (χ3n) is 3.30. The van der Waals surface area contributed by atoms with Crippen LogP contribution in [-0.4, -0.2) is 30.0 Å². The Hall–Kier alpha value is -1.28. The van der Waals surface area contributed by atoms with Gasteiger partial charge in [0, 0.05) is 23.6 Å². The summed E-state index contributed by atoms with van der Waals surface area (Å²) in [6.45, 7) is 6.61. The van der Waals surface area contributed by atoms with Gasteiger partial charge in [0.2, 0.25) is 0 Å². The van der Waals surface area contributed by atoms with E-state index < -0.39 is 0 Å². The maximum Gasteiger partial charge on any atom is 0.0459 e. The largest absolute Gasteiger partial charge is 0.361 e. The molecular formula is C14H20N2. The molecule has 0 amide bonds. The Labute approximate surface area is 97.3 Å². The summed E-state index contributed by atoms with van der Waals surface area (Å²) in [7, 11) is 2.17. The van der Waals surface area contributed by atoms with Crippen LogP contribution in [0.2, 0.25) is 0 Å². The second-order valence-corrected chi connectivity index (χ2v) is 4.46. The van der Waals surface area contributed by atoms with Crippen LogP contribution in [-0.2, 0) is 6.42 Å². The Morgan fingerprint density at radius 3 is 2.88 bits per heavy atom. The second kappa shape index (κ2) is 4.71. The molecule has 2 rings (SSSR count). The minimum atomic E-state index is 1.11. The fourth-order valence-electron chi connectivity index (χ4n) is 2.12. The number of rotatable bonds is 4. The number of nitrogens with zero attached hydrogens (tertiary/aromatic N) is 1. The van der Waals surface area contributed by atoms with Crippen LogP contribution in [0, 0.1) is 6.92 Å². The molecule has 1 aromatic carbocycles. The predicted molar refractivity (Wildman–Crippen MR) is 69.9 cm³/mol. The molecule has 0 bridgehead atoms. The molecule has 0 radical (unpaired) electrons. The van der Waals surface area contributed by atoms with Gasteiger partial charge in [-0.2, -0.15) is 0 Å². The molecule has 1 aromatic heterocycles. The molecular weight excluding hydrogens is 196 g/mol. The number of hydrogen-bond donors (Lipinski definition) is 1. The number of benzene rings is 1. The Morgan fingerprint density at radius 1 is 1.31 bits per heavy atom. The summed E-state index contributed by atoms with van der Waals surface area (Å²) in [6.07, 6.45) is 3.27. The first-order valence-corrected chi connectivity index (χ1v) is 5.96. The lowest BCUT2D eigenvalue weighted by molar-refractivity contribution is 0.358. The average molecular weight is 216 g/mol. The van der Waals surface area contributed by atoms with E-state index in [1.54, 1.807) is 0 Å². The number of nitrogens with one attached hydrogen (secondary N) is 1. The average Bonchev–Trinajstić information content (AvgIpc) is 2.70. The van der Waals surface area contributed by atoms with Gasteiger partial charge < -0.3 is 9.88 Å². The van der Waals surface area contributed by atoms with Crippen LogP contribution in [0.15, 0.2) is 24.4 Å². The lowest BCUT2D eigenvalue weighted by atomic mass is 10.1. The molecule has 0 aliphatic rings. The molecule has 0 saturated heterocycles. The zero-order valence-corrected chi connectivity index (χ0v) is 10.4. The Kier molecular flexibility index (Phi) is 3.30. The van der Waals surface area contributed by atoms with E-state index in [2.05, 4.69) is 55.2 Å². The van der Waals surface area contributed by atoms with Crippen LogP contribution in [0.1, 0.15) is 18.1 Å². The first-order chi connectivity index (χ1) is 7.72. The molecule has 2 nitrogen and oxygen atoms in total. The van der Waals surface area contributed by atoms with Gasteiger partial charge in [-0.3, -0.25) is 0 Å². The van der Waals surface area contributed by atoms with Crippen LogP contribution in [0.25, 0.3) is 10.9 Å². The van der Waals surface area contributed by atoms with Crippen molar-refractivity contribution >= 4 is 10.9 Å². The minimum Gasteiger partial charge on any atom is -0.361 e. The normalized spacial score (nSPS) is 11.5. The van der Waals surface area contributed by atoms with Crippen molar-refractivity contribution in [2.45, 2.75) is 20.3 Å². The lowest BCUT2D eigenvalue weighted by Crippen LogP contribution is -2.20. The molecule has 0 aliphatic carbocycles. The van der Waals surface area contributed by atoms with Gasteiger partial charge in [-0.15, -0.1) is 0 Å². The molecule has 2 aromatic rings. The first kappa shape index (κ1) is 11.2. The highest BCUT2D eigenvalue weighted by Crippen LogP contribution is 2.22. The van der Waals surface area contributed by atoms with E-state index in [9.17, 15) is 0 Å². The minimum absolute atomic E-state index is 1.11. The van der Waals surface area contributed by atoms with Gasteiger partial charge in [-0.05, 0) is 44.1 Å². The number of hydrogen-bond acceptors (Lipinski definition) is 1. The summed E-state index contributed by atoms with van der Waals surface area (Å²) in [6, 6.07) is 6.44. The van der Waals surface area contributed by atoms with E-state index in [-0.39, 0.29) is 0 Å². The molecule has 1 N–H and O–H groups in total. The number of likely N-dealkylation sites (N-methyl/N-ethyl adjacent to an activating group) is 1. The SMILES string of the molecule is CCN(C)CCc1c[nH]c2cccc(C)c12. The quantitative estimate of drug-likeness (QED) is 0.832. The number of aryl methyl sites for hydroxylation is 1. The van der Waals surface area contributed by atoms with Crippen LogP contribution in [0.4, 0.5) is 0 Å². The molecule has 0 saturated carbocycles. The lowest BCUT2D eigenvalue weighted by Gasteiger charge is -2.13. The number of H-pyrrole nitrogens is 1. The van der Waals surface area contributed by atoms with Crippen LogP contribution >= 0.6 is 0 Å². The van der Waals surface area contributed by atoms with Crippen LogP contribution in [0.5, 0.6) is 0 Å². The van der Waals surface area contributed by atoms with E-state index in [0.29, 0.717) is 0 Å². The molecule has 0 aliphatic heterocycles. The number of aromatic amines is 1. The van der Waals surface area contributed by atoms with Crippen molar-refractivity contribution in [1.82, 2.24) is 9.88 Å². The molecule has 1 heterocycles. The Balaban J connectivity index is 2.24. The topological polar surface area (TPSA) is 19.0 Å². The van der Waals surface area contributed by atoms with Gasteiger partial charge in [-0.1, -0.05) is 19.1 Å². The zero-order valence-electron chi connectivity index (χ0n) is 10.4. The Morgan fingerprint density at radius 2 is 2.12 bits per heavy atom. The van der Waals surface area contributed by atoms with Crippen molar-refractivity contribution in [1.29, 1.82) is 0 Å². The van der Waals surface area contributed by atoms with Crippen molar-refractivity contribution in [3.63, 3.8) is 0 Å². The summed E-state index contributed by atoms with van der Waals surface area (Å²) in [5.74, 6) is 0. The van der Waals surface area contributed by atoms with Gasteiger partial charge in [0.05, 0.1) is 0 Å². The van der Waals surface area contributed by atoms with Gasteiger partial charge in [-0.25, -0.2) is 0 Å². The highest BCUT2D eigenvalue weighted by Gasteiger charge is 2.06. The van der Waals surface area contributed by atoms with Crippen LogP contribution < -0.4 is 0 Å². The molecule has 2 heteroatoms. The molecule has 0 atom stereocenters. The maximum atomic E-state index is 3.35. The summed E-state index contributed by atoms with van der Waals surface area (Å²) < 4.78 is 0. The summed E-state index contributed by atoms with van der Waals surface area (Å²) in [5, 5.41) is 1.41. The fraction of sp³-hybridized carbons (Fsp3) is 0.429. The van der Waals surface area contributed by atoms with E-state index >= 15 is 0 Å². The van der Waals surface area contributed by atoms with Crippen LogP contribution in [0.3, 0.4) is 0 Å². The van der Waals surface area contributed by atoms with Crippen molar-refractivity contribution in [2.24, 2.45) is 0 Å². The van der Waals surface area contributed by atoms with Gasteiger partial charge >= 0.3 is 0 Å². The highest BCUT2D eigenvalue weighted by molar-refractivity contribution is 5.86. The standard InChI is InChI=1S/C14H20N2/c1-4-16(3)9-8-12-10-15-13-7-5-6-11(2)14(12)13/h5-7,10,15H,4,8-9H2,1-3H3. The summed E-state index contributed by atoms with van der Waals surface area (Å²) in [5.41, 5.74) is 4.07. The van der Waals surface area contributed by atoms with E-state index in [1.165, 1.54) is 22.0 Å². The van der Waals surface area contributed by atoms with Crippen molar-refractivity contribution in [3.8, 4) is 0 Å². The predicted octanol–water partition coefficient (Wildman–Crippen LogP) is 2.97. The number of fused-ring (bicyclic) bond motifs is 1.